The Morgan fingerprint density at radius 2 is 1.94 bits per heavy atom. The van der Waals surface area contributed by atoms with Crippen LogP contribution in [0.15, 0.2) is 23.0 Å². The van der Waals surface area contributed by atoms with Gasteiger partial charge in [0.15, 0.2) is 0 Å². The summed E-state index contributed by atoms with van der Waals surface area (Å²) in [6.45, 7) is 4.92. The molecule has 2 saturated heterocycles. The lowest BCUT2D eigenvalue weighted by molar-refractivity contribution is -0.277. The zero-order valence-corrected chi connectivity index (χ0v) is 19.2. The van der Waals surface area contributed by atoms with E-state index in [9.17, 15) is 19.8 Å². The molecule has 5 rings (SSSR count). The fraction of sp³-hybridized carbons (Fsp3) is 0.750. The lowest BCUT2D eigenvalue weighted by atomic mass is 9.42. The minimum absolute atomic E-state index is 0.0738. The summed E-state index contributed by atoms with van der Waals surface area (Å²) in [7, 11) is 0. The second-order valence-electron chi connectivity index (χ2n) is 10.2. The van der Waals surface area contributed by atoms with E-state index in [2.05, 4.69) is 0 Å². The van der Waals surface area contributed by atoms with Crippen molar-refractivity contribution in [2.45, 2.75) is 76.7 Å². The van der Waals surface area contributed by atoms with Gasteiger partial charge in [-0.25, -0.2) is 0 Å². The van der Waals surface area contributed by atoms with Gasteiger partial charge in [-0.15, -0.1) is 0 Å². The molecule has 2 spiro atoms. The van der Waals surface area contributed by atoms with Crippen LogP contribution in [-0.2, 0) is 28.5 Å². The summed E-state index contributed by atoms with van der Waals surface area (Å²) in [5.74, 6) is -1.27. The first kappa shape index (κ1) is 22.8. The highest BCUT2D eigenvalue weighted by molar-refractivity contribution is 5.66. The Labute approximate surface area is 192 Å². The Kier molecular flexibility index (Phi) is 5.39. The molecular formula is C24H32O9. The largest absolute Gasteiger partial charge is 0.472 e. The Morgan fingerprint density at radius 1 is 1.18 bits per heavy atom. The van der Waals surface area contributed by atoms with Gasteiger partial charge in [-0.05, 0) is 43.6 Å². The van der Waals surface area contributed by atoms with E-state index in [-0.39, 0.29) is 31.2 Å². The molecule has 4 aliphatic rings. The minimum atomic E-state index is -1.05. The van der Waals surface area contributed by atoms with Gasteiger partial charge in [0.25, 0.3) is 0 Å². The molecule has 9 unspecified atom stereocenters. The normalized spacial score (nSPS) is 46.2. The molecule has 0 bridgehead atoms. The van der Waals surface area contributed by atoms with Crippen LogP contribution in [0.4, 0.5) is 0 Å². The van der Waals surface area contributed by atoms with E-state index in [1.54, 1.807) is 12.5 Å². The molecule has 4 fully saturated rings. The van der Waals surface area contributed by atoms with Gasteiger partial charge in [-0.3, -0.25) is 9.59 Å². The number of carbonyl (C=O) groups is 2. The molecule has 9 nitrogen and oxygen atoms in total. The molecule has 3 heterocycles. The number of hydrogen-bond donors (Lipinski definition) is 2. The molecular weight excluding hydrogens is 432 g/mol. The third kappa shape index (κ3) is 3.12. The molecule has 33 heavy (non-hydrogen) atoms. The van der Waals surface area contributed by atoms with Gasteiger partial charge in [-0.1, -0.05) is 6.92 Å². The maximum absolute atomic E-state index is 12.1. The van der Waals surface area contributed by atoms with Crippen molar-refractivity contribution in [1.29, 1.82) is 0 Å². The molecule has 0 radical (unpaired) electrons. The van der Waals surface area contributed by atoms with E-state index in [1.807, 2.05) is 13.0 Å². The number of ether oxygens (including phenoxy) is 4. The fourth-order valence-corrected chi connectivity index (χ4v) is 7.29. The minimum Gasteiger partial charge on any atom is -0.472 e. The van der Waals surface area contributed by atoms with Crippen molar-refractivity contribution in [3.63, 3.8) is 0 Å². The van der Waals surface area contributed by atoms with Crippen LogP contribution in [0.2, 0.25) is 0 Å². The highest BCUT2D eigenvalue weighted by atomic mass is 16.7. The van der Waals surface area contributed by atoms with E-state index in [4.69, 9.17) is 23.4 Å². The standard InChI is InChI=1S/C24H32O9/c1-13-8-20(28)23(11-30-14(2)25)18(4-5-19(27)24(23)12-31-24)22(13)9-17(16-6-7-29-10-16)33-21(22)32-15(3)26/h6-7,10,13,17-21,27-28H,4-5,8-9,11-12H2,1-3H3. The van der Waals surface area contributed by atoms with Gasteiger partial charge >= 0.3 is 11.9 Å². The topological polar surface area (TPSA) is 128 Å². The maximum atomic E-state index is 12.1. The second kappa shape index (κ2) is 7.80. The highest BCUT2D eigenvalue weighted by Crippen LogP contribution is 2.72. The summed E-state index contributed by atoms with van der Waals surface area (Å²) in [5, 5.41) is 22.5. The third-order valence-electron chi connectivity index (χ3n) is 8.84. The number of furan rings is 1. The highest BCUT2D eigenvalue weighted by Gasteiger charge is 2.79. The van der Waals surface area contributed by atoms with Crippen LogP contribution < -0.4 is 0 Å². The van der Waals surface area contributed by atoms with Gasteiger partial charge < -0.3 is 33.6 Å². The van der Waals surface area contributed by atoms with Gasteiger partial charge in [0, 0.05) is 24.8 Å². The molecule has 2 N–H and O–H groups in total. The van der Waals surface area contributed by atoms with Crippen LogP contribution in [0.25, 0.3) is 0 Å². The molecule has 2 aliphatic heterocycles. The van der Waals surface area contributed by atoms with E-state index in [0.29, 0.717) is 25.7 Å². The third-order valence-corrected chi connectivity index (χ3v) is 8.84. The lowest BCUT2D eigenvalue weighted by Crippen LogP contribution is -2.71. The first-order valence-corrected chi connectivity index (χ1v) is 11.7. The van der Waals surface area contributed by atoms with Crippen LogP contribution in [0.5, 0.6) is 0 Å². The van der Waals surface area contributed by atoms with Gasteiger partial charge in [0.2, 0.25) is 6.29 Å². The summed E-state index contributed by atoms with van der Waals surface area (Å²) in [5.41, 5.74) is -1.88. The number of epoxide rings is 1. The zero-order chi connectivity index (χ0) is 23.6. The molecule has 0 aromatic carbocycles. The smallest absolute Gasteiger partial charge is 0.304 e. The van der Waals surface area contributed by atoms with Crippen LogP contribution in [-0.4, -0.2) is 59.5 Å². The summed E-state index contributed by atoms with van der Waals surface area (Å²) >= 11 is 0. The number of fused-ring (bicyclic) bond motifs is 3. The monoisotopic (exact) mass is 464 g/mol. The Bertz CT molecular complexity index is 909. The molecule has 182 valence electrons. The molecule has 2 saturated carbocycles. The van der Waals surface area contributed by atoms with Crippen molar-refractivity contribution in [3.8, 4) is 0 Å². The van der Waals surface area contributed by atoms with Crippen molar-refractivity contribution in [2.75, 3.05) is 13.2 Å². The Hall–Kier alpha value is -1.94. The first-order chi connectivity index (χ1) is 15.7. The van der Waals surface area contributed by atoms with Crippen LogP contribution in [0, 0.1) is 22.7 Å². The molecule has 2 aliphatic carbocycles. The maximum Gasteiger partial charge on any atom is 0.304 e. The summed E-state index contributed by atoms with van der Waals surface area (Å²) in [4.78, 5) is 24.0. The first-order valence-electron chi connectivity index (χ1n) is 11.7. The van der Waals surface area contributed by atoms with Crippen LogP contribution >= 0.6 is 0 Å². The number of hydrogen-bond acceptors (Lipinski definition) is 9. The fourth-order valence-electron chi connectivity index (χ4n) is 7.29. The van der Waals surface area contributed by atoms with Crippen molar-refractivity contribution in [1.82, 2.24) is 0 Å². The van der Waals surface area contributed by atoms with E-state index < -0.39 is 46.9 Å². The van der Waals surface area contributed by atoms with Gasteiger partial charge in [0.05, 0.1) is 42.9 Å². The molecule has 0 amide bonds. The SMILES string of the molecule is CC(=O)OCC12C(O)CC(C)C3(CC(c4ccoc4)OC3OC(C)=O)C1CCC(O)C21CO1. The van der Waals surface area contributed by atoms with E-state index in [1.165, 1.54) is 13.8 Å². The predicted octanol–water partition coefficient (Wildman–Crippen LogP) is 2.11. The lowest BCUT2D eigenvalue weighted by Gasteiger charge is -2.63. The number of aliphatic hydroxyl groups excluding tert-OH is 2. The Balaban J connectivity index is 1.64. The molecule has 1 aromatic heterocycles. The molecule has 1 aromatic rings. The van der Waals surface area contributed by atoms with Crippen molar-refractivity contribution in [2.24, 2.45) is 22.7 Å². The average molecular weight is 465 g/mol. The molecule has 9 heteroatoms. The van der Waals surface area contributed by atoms with Crippen molar-refractivity contribution < 1.29 is 43.2 Å². The quantitative estimate of drug-likeness (QED) is 0.508. The number of carbonyl (C=O) groups excluding carboxylic acids is 2. The Morgan fingerprint density at radius 3 is 2.55 bits per heavy atom. The van der Waals surface area contributed by atoms with Gasteiger partial charge in [0.1, 0.15) is 12.2 Å². The summed E-state index contributed by atoms with van der Waals surface area (Å²) in [6.07, 6.45) is 2.25. The van der Waals surface area contributed by atoms with E-state index >= 15 is 0 Å². The number of aliphatic hydroxyl groups is 2. The van der Waals surface area contributed by atoms with Crippen molar-refractivity contribution in [3.05, 3.63) is 24.2 Å². The second-order valence-corrected chi connectivity index (χ2v) is 10.2. The van der Waals surface area contributed by atoms with Gasteiger partial charge in [-0.2, -0.15) is 0 Å². The number of esters is 2. The summed E-state index contributed by atoms with van der Waals surface area (Å²) in [6, 6.07) is 1.83. The zero-order valence-electron chi connectivity index (χ0n) is 19.2. The van der Waals surface area contributed by atoms with Crippen molar-refractivity contribution >= 4 is 11.9 Å². The van der Waals surface area contributed by atoms with Crippen LogP contribution in [0.1, 0.15) is 58.1 Å². The molecule has 9 atom stereocenters. The average Bonchev–Trinajstić information content (AvgIpc) is 3.19. The number of rotatable bonds is 4. The van der Waals surface area contributed by atoms with E-state index in [0.717, 1.165) is 5.56 Å². The summed E-state index contributed by atoms with van der Waals surface area (Å²) < 4.78 is 28.9. The predicted molar refractivity (Wildman–Crippen MR) is 111 cm³/mol. The van der Waals surface area contributed by atoms with Crippen LogP contribution in [0.3, 0.4) is 0 Å².